The number of rotatable bonds is 4. The minimum atomic E-state index is 0.196. The predicted octanol–water partition coefficient (Wildman–Crippen LogP) is 1.88. The highest BCUT2D eigenvalue weighted by molar-refractivity contribution is 5.26. The van der Waals surface area contributed by atoms with Gasteiger partial charge in [0.15, 0.2) is 0 Å². The zero-order chi connectivity index (χ0) is 14.9. The van der Waals surface area contributed by atoms with Crippen LogP contribution in [0.3, 0.4) is 0 Å². The van der Waals surface area contributed by atoms with Gasteiger partial charge in [0, 0.05) is 43.6 Å². The van der Waals surface area contributed by atoms with Crippen molar-refractivity contribution in [2.45, 2.75) is 63.6 Å². The van der Waals surface area contributed by atoms with E-state index in [2.05, 4.69) is 16.0 Å². The molecule has 0 unspecified atom stereocenters. The Hall–Kier alpha value is -1.13. The summed E-state index contributed by atoms with van der Waals surface area (Å²) in [5.41, 5.74) is 2.89. The molecule has 2 fully saturated rings. The first-order chi connectivity index (χ1) is 10.8. The molecule has 0 radical (unpaired) electrons. The molecule has 4 rings (SSSR count). The van der Waals surface area contributed by atoms with Gasteiger partial charge in [0.25, 0.3) is 5.56 Å². The molecule has 0 aromatic carbocycles. The molecule has 22 heavy (non-hydrogen) atoms. The minimum absolute atomic E-state index is 0.196. The molecule has 1 saturated heterocycles. The first kappa shape index (κ1) is 14.5. The fourth-order valence-corrected chi connectivity index (χ4v) is 3.92. The van der Waals surface area contributed by atoms with Gasteiger partial charge in [0.2, 0.25) is 0 Å². The van der Waals surface area contributed by atoms with Gasteiger partial charge in [0.1, 0.15) is 0 Å². The summed E-state index contributed by atoms with van der Waals surface area (Å²) in [5, 5.41) is 3.82. The van der Waals surface area contributed by atoms with Gasteiger partial charge >= 0.3 is 0 Å². The number of aromatic nitrogens is 1. The summed E-state index contributed by atoms with van der Waals surface area (Å²) >= 11 is 0. The molecule has 1 aliphatic heterocycles. The summed E-state index contributed by atoms with van der Waals surface area (Å²) < 4.78 is 7.51. The lowest BCUT2D eigenvalue weighted by molar-refractivity contribution is 0.0742. The van der Waals surface area contributed by atoms with E-state index in [9.17, 15) is 4.79 Å². The van der Waals surface area contributed by atoms with Gasteiger partial charge < -0.3 is 14.6 Å². The normalized spacial score (nSPS) is 25.9. The molecule has 1 saturated carbocycles. The number of fused-ring (bicyclic) bond motifs is 1. The Kier molecular flexibility index (Phi) is 4.05. The molecule has 2 heterocycles. The van der Waals surface area contributed by atoms with Crippen molar-refractivity contribution in [3.05, 3.63) is 33.7 Å². The SMILES string of the molecule is O=c1ccc2c(n1CC1CC1)CC[C@H](NC1CCOCC1)C2. The van der Waals surface area contributed by atoms with Gasteiger partial charge in [-0.05, 0) is 56.4 Å². The summed E-state index contributed by atoms with van der Waals surface area (Å²) in [7, 11) is 0. The van der Waals surface area contributed by atoms with Crippen LogP contribution < -0.4 is 10.9 Å². The first-order valence-electron chi connectivity index (χ1n) is 8.85. The van der Waals surface area contributed by atoms with Crippen LogP contribution in [0.4, 0.5) is 0 Å². The number of hydrogen-bond acceptors (Lipinski definition) is 3. The Morgan fingerprint density at radius 3 is 2.68 bits per heavy atom. The van der Waals surface area contributed by atoms with E-state index in [0.717, 1.165) is 57.8 Å². The predicted molar refractivity (Wildman–Crippen MR) is 86.2 cm³/mol. The molecule has 4 heteroatoms. The molecule has 1 N–H and O–H groups in total. The monoisotopic (exact) mass is 302 g/mol. The van der Waals surface area contributed by atoms with Crippen LogP contribution >= 0.6 is 0 Å². The number of nitrogens with one attached hydrogen (secondary N) is 1. The van der Waals surface area contributed by atoms with E-state index in [1.807, 2.05) is 0 Å². The molecule has 0 bridgehead atoms. The lowest BCUT2D eigenvalue weighted by Crippen LogP contribution is -2.45. The summed E-state index contributed by atoms with van der Waals surface area (Å²) in [4.78, 5) is 12.2. The Balaban J connectivity index is 1.47. The number of pyridine rings is 1. The quantitative estimate of drug-likeness (QED) is 0.923. The van der Waals surface area contributed by atoms with E-state index in [1.54, 1.807) is 6.07 Å². The molecule has 1 aromatic heterocycles. The van der Waals surface area contributed by atoms with Crippen LogP contribution in [0.1, 0.15) is 43.4 Å². The van der Waals surface area contributed by atoms with Crippen molar-refractivity contribution in [3.8, 4) is 0 Å². The van der Waals surface area contributed by atoms with Crippen LogP contribution in [0.5, 0.6) is 0 Å². The largest absolute Gasteiger partial charge is 0.381 e. The Morgan fingerprint density at radius 1 is 1.09 bits per heavy atom. The smallest absolute Gasteiger partial charge is 0.250 e. The third-order valence-corrected chi connectivity index (χ3v) is 5.42. The van der Waals surface area contributed by atoms with E-state index >= 15 is 0 Å². The van der Waals surface area contributed by atoms with Gasteiger partial charge in [-0.1, -0.05) is 6.07 Å². The van der Waals surface area contributed by atoms with Gasteiger partial charge in [-0.25, -0.2) is 0 Å². The summed E-state index contributed by atoms with van der Waals surface area (Å²) in [6, 6.07) is 5.01. The Labute approximate surface area is 131 Å². The maximum absolute atomic E-state index is 12.2. The first-order valence-corrected chi connectivity index (χ1v) is 8.85. The Bertz CT molecular complexity index is 585. The van der Waals surface area contributed by atoms with E-state index in [-0.39, 0.29) is 5.56 Å². The van der Waals surface area contributed by atoms with Gasteiger partial charge in [-0.15, -0.1) is 0 Å². The molecule has 1 atom stereocenters. The minimum Gasteiger partial charge on any atom is -0.381 e. The number of hydrogen-bond donors (Lipinski definition) is 1. The van der Waals surface area contributed by atoms with Crippen molar-refractivity contribution >= 4 is 0 Å². The van der Waals surface area contributed by atoms with Crippen LogP contribution in [-0.4, -0.2) is 29.9 Å². The average molecular weight is 302 g/mol. The van der Waals surface area contributed by atoms with Crippen LogP contribution in [-0.2, 0) is 24.1 Å². The highest BCUT2D eigenvalue weighted by atomic mass is 16.5. The summed E-state index contributed by atoms with van der Waals surface area (Å²) in [6.45, 7) is 2.73. The molecule has 0 amide bonds. The summed E-state index contributed by atoms with van der Waals surface area (Å²) in [6.07, 6.45) is 8.11. The number of nitrogens with zero attached hydrogens (tertiary/aromatic N) is 1. The third-order valence-electron chi connectivity index (χ3n) is 5.42. The van der Waals surface area contributed by atoms with Crippen molar-refractivity contribution in [2.75, 3.05) is 13.2 Å². The second-order valence-electron chi connectivity index (χ2n) is 7.19. The van der Waals surface area contributed by atoms with Gasteiger partial charge in [-0.3, -0.25) is 4.79 Å². The van der Waals surface area contributed by atoms with E-state index in [4.69, 9.17) is 4.74 Å². The lowest BCUT2D eigenvalue weighted by Gasteiger charge is -2.32. The maximum Gasteiger partial charge on any atom is 0.250 e. The zero-order valence-electron chi connectivity index (χ0n) is 13.2. The molecule has 0 spiro atoms. The second kappa shape index (κ2) is 6.17. The topological polar surface area (TPSA) is 43.3 Å². The third kappa shape index (κ3) is 3.13. The fraction of sp³-hybridized carbons (Fsp3) is 0.722. The molecule has 1 aromatic rings. The van der Waals surface area contributed by atoms with Gasteiger partial charge in [0.05, 0.1) is 0 Å². The average Bonchev–Trinajstić information content (AvgIpc) is 3.35. The van der Waals surface area contributed by atoms with Crippen LogP contribution in [0.15, 0.2) is 16.9 Å². The van der Waals surface area contributed by atoms with Crippen molar-refractivity contribution < 1.29 is 4.74 Å². The number of ether oxygens (including phenoxy) is 1. The van der Waals surface area contributed by atoms with E-state index < -0.39 is 0 Å². The highest BCUT2D eigenvalue weighted by Gasteiger charge is 2.27. The molecule has 4 nitrogen and oxygen atoms in total. The van der Waals surface area contributed by atoms with Crippen molar-refractivity contribution in [1.29, 1.82) is 0 Å². The van der Waals surface area contributed by atoms with Gasteiger partial charge in [-0.2, -0.15) is 0 Å². The van der Waals surface area contributed by atoms with Crippen molar-refractivity contribution in [2.24, 2.45) is 5.92 Å². The summed E-state index contributed by atoms with van der Waals surface area (Å²) in [5.74, 6) is 0.752. The lowest BCUT2D eigenvalue weighted by atomic mass is 9.90. The fourth-order valence-electron chi connectivity index (χ4n) is 3.92. The molecular weight excluding hydrogens is 276 g/mol. The standard InChI is InChI=1S/C18H26N2O2/c21-18-6-3-14-11-16(19-15-7-9-22-10-8-15)4-5-17(14)20(18)12-13-1-2-13/h3,6,13,15-16,19H,1-2,4-5,7-12H2/t16-/m0/s1. The second-order valence-corrected chi connectivity index (χ2v) is 7.19. The molecule has 2 aliphatic carbocycles. The van der Waals surface area contributed by atoms with Crippen LogP contribution in [0, 0.1) is 5.92 Å². The van der Waals surface area contributed by atoms with E-state index in [1.165, 1.54) is 24.1 Å². The van der Waals surface area contributed by atoms with Crippen molar-refractivity contribution in [1.82, 2.24) is 9.88 Å². The van der Waals surface area contributed by atoms with Crippen molar-refractivity contribution in [3.63, 3.8) is 0 Å². The van der Waals surface area contributed by atoms with Crippen LogP contribution in [0.2, 0.25) is 0 Å². The zero-order valence-corrected chi connectivity index (χ0v) is 13.2. The molecule has 3 aliphatic rings. The highest BCUT2D eigenvalue weighted by Crippen LogP contribution is 2.31. The maximum atomic E-state index is 12.2. The Morgan fingerprint density at radius 2 is 1.91 bits per heavy atom. The molecule has 120 valence electrons. The molecular formula is C18H26N2O2. The van der Waals surface area contributed by atoms with E-state index in [0.29, 0.717) is 12.1 Å². The van der Waals surface area contributed by atoms with Crippen LogP contribution in [0.25, 0.3) is 0 Å².